The van der Waals surface area contributed by atoms with Gasteiger partial charge in [0.1, 0.15) is 5.82 Å². The van der Waals surface area contributed by atoms with Crippen LogP contribution in [0.2, 0.25) is 0 Å². The summed E-state index contributed by atoms with van der Waals surface area (Å²) in [5.41, 5.74) is 3.55. The quantitative estimate of drug-likeness (QED) is 0.818. The van der Waals surface area contributed by atoms with Crippen LogP contribution in [0.5, 0.6) is 0 Å². The van der Waals surface area contributed by atoms with Crippen LogP contribution in [0.1, 0.15) is 56.1 Å². The van der Waals surface area contributed by atoms with E-state index in [-0.39, 0.29) is 11.8 Å². The fourth-order valence-electron chi connectivity index (χ4n) is 4.14. The second-order valence-electron chi connectivity index (χ2n) is 8.47. The van der Waals surface area contributed by atoms with E-state index in [0.717, 1.165) is 34.8 Å². The normalized spacial score (nSPS) is 23.3. The van der Waals surface area contributed by atoms with Crippen LogP contribution in [-0.2, 0) is 4.79 Å². The van der Waals surface area contributed by atoms with Crippen molar-refractivity contribution < 1.29 is 4.79 Å². The van der Waals surface area contributed by atoms with Crippen molar-refractivity contribution in [3.63, 3.8) is 0 Å². The first kappa shape index (κ1) is 17.2. The zero-order valence-corrected chi connectivity index (χ0v) is 16.4. The Hall–Kier alpha value is -2.89. The number of hydrogen-bond donors (Lipinski definition) is 0. The van der Waals surface area contributed by atoms with Crippen LogP contribution in [0, 0.1) is 18.3 Å². The van der Waals surface area contributed by atoms with Crippen molar-refractivity contribution in [2.45, 2.75) is 46.0 Å². The van der Waals surface area contributed by atoms with Gasteiger partial charge in [-0.1, -0.05) is 19.9 Å². The lowest BCUT2D eigenvalue weighted by Crippen LogP contribution is -2.31. The van der Waals surface area contributed by atoms with Gasteiger partial charge in [0.15, 0.2) is 5.82 Å². The molecule has 1 saturated carbocycles. The Morgan fingerprint density at radius 1 is 1.04 bits per heavy atom. The van der Waals surface area contributed by atoms with E-state index in [1.807, 2.05) is 39.4 Å². The summed E-state index contributed by atoms with van der Waals surface area (Å²) in [5.74, 6) is 2.10. The summed E-state index contributed by atoms with van der Waals surface area (Å²) in [4.78, 5) is 32.8. The molecule has 0 spiro atoms. The molecule has 28 heavy (non-hydrogen) atoms. The van der Waals surface area contributed by atoms with Crippen LogP contribution >= 0.6 is 0 Å². The number of aryl methyl sites for hydroxylation is 1. The maximum atomic E-state index is 13.3. The van der Waals surface area contributed by atoms with Crippen molar-refractivity contribution in [3.8, 4) is 0 Å². The van der Waals surface area contributed by atoms with Crippen LogP contribution < -0.4 is 4.90 Å². The second kappa shape index (κ2) is 6.06. The van der Waals surface area contributed by atoms with Gasteiger partial charge in [-0.2, -0.15) is 0 Å². The number of fused-ring (bicyclic) bond motifs is 1. The Bertz CT molecular complexity index is 1000. The molecule has 3 aliphatic rings. The van der Waals surface area contributed by atoms with Crippen LogP contribution in [-0.4, -0.2) is 25.8 Å². The molecule has 1 atom stereocenters. The Balaban J connectivity index is 1.54. The lowest BCUT2D eigenvalue weighted by molar-refractivity contribution is -0.125. The van der Waals surface area contributed by atoms with Gasteiger partial charge in [0.2, 0.25) is 5.91 Å². The largest absolute Gasteiger partial charge is 0.273 e. The minimum absolute atomic E-state index is 0.0760. The molecule has 1 amide bonds. The van der Waals surface area contributed by atoms with E-state index >= 15 is 0 Å². The minimum Gasteiger partial charge on any atom is -0.273 e. The van der Waals surface area contributed by atoms with Gasteiger partial charge in [-0.05, 0) is 37.8 Å². The number of allylic oxidation sites excluding steroid dienone is 4. The summed E-state index contributed by atoms with van der Waals surface area (Å²) >= 11 is 0. The maximum Gasteiger partial charge on any atom is 0.238 e. The molecule has 2 aliphatic carbocycles. The van der Waals surface area contributed by atoms with E-state index < -0.39 is 5.41 Å². The van der Waals surface area contributed by atoms with Gasteiger partial charge in [-0.3, -0.25) is 14.7 Å². The van der Waals surface area contributed by atoms with E-state index in [9.17, 15) is 4.79 Å². The van der Waals surface area contributed by atoms with E-state index in [4.69, 9.17) is 0 Å². The monoisotopic (exact) mass is 373 g/mol. The predicted molar refractivity (Wildman–Crippen MR) is 106 cm³/mol. The second-order valence-corrected chi connectivity index (χ2v) is 8.47. The van der Waals surface area contributed by atoms with Gasteiger partial charge in [0.05, 0.1) is 23.5 Å². The van der Waals surface area contributed by atoms with Crippen LogP contribution in [0.25, 0.3) is 5.57 Å². The third kappa shape index (κ3) is 2.66. The SMILES string of the molecule is Cc1ncc(C2=CCC3C(=C2)N(c2cnc(C4CC4)cn2)C(=O)C3(C)C)cn1. The highest BCUT2D eigenvalue weighted by Gasteiger charge is 2.52. The molecule has 142 valence electrons. The molecule has 0 bridgehead atoms. The molecule has 0 aromatic carbocycles. The third-order valence-corrected chi connectivity index (χ3v) is 6.11. The van der Waals surface area contributed by atoms with Crippen LogP contribution in [0.15, 0.2) is 42.6 Å². The zero-order chi connectivity index (χ0) is 19.5. The molecule has 1 unspecified atom stereocenters. The summed E-state index contributed by atoms with van der Waals surface area (Å²) in [7, 11) is 0. The zero-order valence-electron chi connectivity index (χ0n) is 16.4. The summed E-state index contributed by atoms with van der Waals surface area (Å²) in [5, 5.41) is 0. The molecule has 3 heterocycles. The van der Waals surface area contributed by atoms with Gasteiger partial charge in [0.25, 0.3) is 0 Å². The average molecular weight is 373 g/mol. The highest BCUT2D eigenvalue weighted by molar-refractivity contribution is 6.04. The number of aromatic nitrogens is 4. The van der Waals surface area contributed by atoms with Gasteiger partial charge in [-0.25, -0.2) is 15.0 Å². The lowest BCUT2D eigenvalue weighted by Gasteiger charge is -2.25. The Morgan fingerprint density at radius 3 is 2.43 bits per heavy atom. The number of carbonyl (C=O) groups is 1. The van der Waals surface area contributed by atoms with Gasteiger partial charge in [-0.15, -0.1) is 0 Å². The van der Waals surface area contributed by atoms with Crippen molar-refractivity contribution in [3.05, 3.63) is 59.7 Å². The maximum absolute atomic E-state index is 13.3. The van der Waals surface area contributed by atoms with Crippen molar-refractivity contribution >= 4 is 17.3 Å². The minimum atomic E-state index is -0.478. The predicted octanol–water partition coefficient (Wildman–Crippen LogP) is 3.81. The smallest absolute Gasteiger partial charge is 0.238 e. The Kier molecular flexibility index (Phi) is 3.73. The lowest BCUT2D eigenvalue weighted by atomic mass is 9.75. The van der Waals surface area contributed by atoms with Gasteiger partial charge >= 0.3 is 0 Å². The Labute approximate surface area is 164 Å². The molecule has 0 radical (unpaired) electrons. The topological polar surface area (TPSA) is 71.9 Å². The van der Waals surface area contributed by atoms with Crippen LogP contribution in [0.4, 0.5) is 5.82 Å². The van der Waals surface area contributed by atoms with E-state index in [2.05, 4.69) is 32.1 Å². The number of amides is 1. The first-order valence-corrected chi connectivity index (χ1v) is 9.82. The number of hydrogen-bond acceptors (Lipinski definition) is 5. The molecule has 1 aliphatic heterocycles. The molecule has 6 nitrogen and oxygen atoms in total. The molecule has 2 aromatic heterocycles. The van der Waals surface area contributed by atoms with Crippen molar-refractivity contribution in [2.75, 3.05) is 4.90 Å². The molecule has 2 aromatic rings. The summed E-state index contributed by atoms with van der Waals surface area (Å²) < 4.78 is 0. The molecular formula is C22H23N5O. The fraction of sp³-hybridized carbons (Fsp3) is 0.409. The molecule has 0 N–H and O–H groups in total. The number of rotatable bonds is 3. The van der Waals surface area contributed by atoms with Crippen LogP contribution in [0.3, 0.4) is 0 Å². The highest BCUT2D eigenvalue weighted by Crippen LogP contribution is 2.50. The third-order valence-electron chi connectivity index (χ3n) is 6.11. The van der Waals surface area contributed by atoms with E-state index in [1.165, 1.54) is 12.8 Å². The number of nitrogens with zero attached hydrogens (tertiary/aromatic N) is 5. The first-order valence-electron chi connectivity index (χ1n) is 9.82. The molecule has 5 rings (SSSR count). The average Bonchev–Trinajstić information content (AvgIpc) is 3.52. The first-order chi connectivity index (χ1) is 13.4. The molecule has 6 heteroatoms. The summed E-state index contributed by atoms with van der Waals surface area (Å²) in [6.45, 7) is 5.92. The van der Waals surface area contributed by atoms with Crippen molar-refractivity contribution in [1.82, 2.24) is 19.9 Å². The number of anilines is 1. The van der Waals surface area contributed by atoms with E-state index in [0.29, 0.717) is 11.7 Å². The molecule has 2 fully saturated rings. The Morgan fingerprint density at radius 2 is 1.79 bits per heavy atom. The highest BCUT2D eigenvalue weighted by atomic mass is 16.2. The van der Waals surface area contributed by atoms with Crippen molar-refractivity contribution in [1.29, 1.82) is 0 Å². The van der Waals surface area contributed by atoms with E-state index in [1.54, 1.807) is 11.1 Å². The summed E-state index contributed by atoms with van der Waals surface area (Å²) in [6.07, 6.45) is 14.7. The number of carbonyl (C=O) groups excluding carboxylic acids is 1. The van der Waals surface area contributed by atoms with Crippen molar-refractivity contribution in [2.24, 2.45) is 11.3 Å². The summed E-state index contributed by atoms with van der Waals surface area (Å²) in [6, 6.07) is 0. The van der Waals surface area contributed by atoms with Gasteiger partial charge < -0.3 is 0 Å². The fourth-order valence-corrected chi connectivity index (χ4v) is 4.14. The standard InChI is InChI=1S/C22H23N5O/c1-13-23-9-16(10-24-13)15-6-7-17-19(8-15)27(21(28)22(17,2)3)20-12-25-18(11-26-20)14-4-5-14/h6,8-12,14,17H,4-5,7H2,1-3H3. The molecular weight excluding hydrogens is 350 g/mol. The molecule has 1 saturated heterocycles. The van der Waals surface area contributed by atoms with Gasteiger partial charge in [0, 0.05) is 35.5 Å².